The molecule has 0 spiro atoms. The van der Waals surface area contributed by atoms with Gasteiger partial charge in [0.15, 0.2) is 0 Å². The maximum atomic E-state index is 6.10. The fourth-order valence-electron chi connectivity index (χ4n) is 3.16. The van der Waals surface area contributed by atoms with Crippen molar-refractivity contribution < 1.29 is 0 Å². The second-order valence-corrected chi connectivity index (χ2v) is 5.76. The second kappa shape index (κ2) is 5.03. The van der Waals surface area contributed by atoms with Crippen molar-refractivity contribution in [2.24, 2.45) is 11.7 Å². The van der Waals surface area contributed by atoms with E-state index in [-0.39, 0.29) is 0 Å². The van der Waals surface area contributed by atoms with Gasteiger partial charge < -0.3 is 16.0 Å². The summed E-state index contributed by atoms with van der Waals surface area (Å²) in [6, 6.07) is 0.420. The lowest BCUT2D eigenvalue weighted by Crippen LogP contribution is -2.31. The van der Waals surface area contributed by atoms with Gasteiger partial charge in [-0.25, -0.2) is 19.9 Å². The van der Waals surface area contributed by atoms with Crippen molar-refractivity contribution in [1.82, 2.24) is 24.5 Å². The molecule has 3 heterocycles. The van der Waals surface area contributed by atoms with E-state index in [0.29, 0.717) is 17.8 Å². The van der Waals surface area contributed by atoms with Crippen LogP contribution in [-0.4, -0.2) is 31.0 Å². The van der Waals surface area contributed by atoms with E-state index >= 15 is 0 Å². The molecule has 22 heavy (non-hydrogen) atoms. The van der Waals surface area contributed by atoms with E-state index in [1.807, 2.05) is 0 Å². The summed E-state index contributed by atoms with van der Waals surface area (Å²) in [5, 5.41) is 0.869. The highest BCUT2D eigenvalue weighted by Crippen LogP contribution is 2.42. The van der Waals surface area contributed by atoms with Gasteiger partial charge in [-0.15, -0.1) is 0 Å². The van der Waals surface area contributed by atoms with E-state index in [1.165, 1.54) is 12.7 Å². The van der Waals surface area contributed by atoms with Crippen LogP contribution in [0.5, 0.6) is 0 Å². The lowest BCUT2D eigenvalue weighted by molar-refractivity contribution is 0.209. The molecule has 1 saturated carbocycles. The van der Waals surface area contributed by atoms with Gasteiger partial charge in [0.05, 0.1) is 5.39 Å². The molecular formula is C15H17N7. The van der Waals surface area contributed by atoms with Crippen LogP contribution in [0.3, 0.4) is 0 Å². The predicted molar refractivity (Wildman–Crippen MR) is 83.8 cm³/mol. The van der Waals surface area contributed by atoms with Crippen LogP contribution in [0.2, 0.25) is 0 Å². The monoisotopic (exact) mass is 295 g/mol. The van der Waals surface area contributed by atoms with Gasteiger partial charge >= 0.3 is 0 Å². The maximum absolute atomic E-state index is 6.10. The Morgan fingerprint density at radius 2 is 1.91 bits per heavy atom. The highest BCUT2D eigenvalue weighted by molar-refractivity contribution is 6.00. The third-order valence-corrected chi connectivity index (χ3v) is 4.45. The van der Waals surface area contributed by atoms with Crippen LogP contribution in [0, 0.1) is 5.92 Å². The molecule has 3 aromatic rings. The highest BCUT2D eigenvalue weighted by atomic mass is 15.1. The second-order valence-electron chi connectivity index (χ2n) is 5.76. The Bertz CT molecular complexity index is 805. The van der Waals surface area contributed by atoms with Crippen LogP contribution < -0.4 is 11.5 Å². The van der Waals surface area contributed by atoms with Crippen LogP contribution in [-0.2, 0) is 0 Å². The Kier molecular flexibility index (Phi) is 3.00. The van der Waals surface area contributed by atoms with Crippen LogP contribution in [0.15, 0.2) is 31.2 Å². The Morgan fingerprint density at radius 1 is 1.14 bits per heavy atom. The van der Waals surface area contributed by atoms with Gasteiger partial charge in [0, 0.05) is 35.8 Å². The first kappa shape index (κ1) is 13.1. The molecule has 7 heteroatoms. The topological polar surface area (TPSA) is 109 Å². The Labute approximate surface area is 127 Å². The number of hydrogen-bond acceptors (Lipinski definition) is 6. The summed E-state index contributed by atoms with van der Waals surface area (Å²) in [5.74, 6) is 1.09. The molecule has 1 aliphatic rings. The maximum Gasteiger partial charge on any atom is 0.146 e. The number of nitrogens with zero attached hydrogens (tertiary/aromatic N) is 5. The number of aromatic nitrogens is 5. The van der Waals surface area contributed by atoms with Crippen molar-refractivity contribution in [3.63, 3.8) is 0 Å². The Hall–Kier alpha value is -2.54. The fraction of sp³-hybridized carbons (Fsp3) is 0.333. The molecular weight excluding hydrogens is 278 g/mol. The molecule has 0 amide bonds. The normalized spacial score (nSPS) is 21.0. The first-order valence-corrected chi connectivity index (χ1v) is 7.34. The molecule has 112 valence electrons. The van der Waals surface area contributed by atoms with E-state index in [4.69, 9.17) is 11.5 Å². The summed E-state index contributed by atoms with van der Waals surface area (Å²) in [4.78, 5) is 16.8. The van der Waals surface area contributed by atoms with E-state index in [1.54, 1.807) is 12.4 Å². The van der Waals surface area contributed by atoms with Crippen molar-refractivity contribution in [3.8, 4) is 11.1 Å². The number of nitrogens with two attached hydrogens (primary N) is 2. The van der Waals surface area contributed by atoms with Crippen molar-refractivity contribution in [1.29, 1.82) is 0 Å². The SMILES string of the molecule is NCC1CC(n2cc(-c3cncnc3)c3c(N)ncnc32)C1. The van der Waals surface area contributed by atoms with Gasteiger partial charge in [-0.1, -0.05) is 0 Å². The number of anilines is 1. The third kappa shape index (κ3) is 1.93. The van der Waals surface area contributed by atoms with Crippen molar-refractivity contribution in [2.75, 3.05) is 12.3 Å². The molecule has 4 N–H and O–H groups in total. The van der Waals surface area contributed by atoms with Crippen molar-refractivity contribution in [2.45, 2.75) is 18.9 Å². The van der Waals surface area contributed by atoms with Gasteiger partial charge in [-0.05, 0) is 25.3 Å². The molecule has 7 nitrogen and oxygen atoms in total. The lowest BCUT2D eigenvalue weighted by atomic mass is 9.80. The molecule has 4 rings (SSSR count). The summed E-state index contributed by atoms with van der Waals surface area (Å²) in [6.45, 7) is 0.742. The van der Waals surface area contributed by atoms with Crippen LogP contribution in [0.1, 0.15) is 18.9 Å². The Morgan fingerprint density at radius 3 is 2.64 bits per heavy atom. The molecule has 1 fully saturated rings. The number of nitrogen functional groups attached to an aromatic ring is 1. The minimum absolute atomic E-state index is 0.420. The smallest absolute Gasteiger partial charge is 0.146 e. The summed E-state index contributed by atoms with van der Waals surface area (Å²) in [5.41, 5.74) is 14.6. The first-order valence-electron chi connectivity index (χ1n) is 7.34. The lowest BCUT2D eigenvalue weighted by Gasteiger charge is -2.35. The van der Waals surface area contributed by atoms with Gasteiger partial charge in [-0.3, -0.25) is 0 Å². The molecule has 0 unspecified atom stereocenters. The zero-order valence-corrected chi connectivity index (χ0v) is 12.1. The molecule has 0 aromatic carbocycles. The Balaban J connectivity index is 1.87. The quantitative estimate of drug-likeness (QED) is 0.755. The molecule has 3 aromatic heterocycles. The minimum atomic E-state index is 0.420. The van der Waals surface area contributed by atoms with E-state index in [0.717, 1.165) is 41.5 Å². The molecule has 1 aliphatic carbocycles. The first-order chi connectivity index (χ1) is 10.8. The summed E-state index contributed by atoms with van der Waals surface area (Å²) >= 11 is 0. The molecule has 0 atom stereocenters. The number of hydrogen-bond donors (Lipinski definition) is 2. The van der Waals surface area contributed by atoms with Gasteiger partial charge in [-0.2, -0.15) is 0 Å². The third-order valence-electron chi connectivity index (χ3n) is 4.45. The average molecular weight is 295 g/mol. The van der Waals surface area contributed by atoms with Gasteiger partial charge in [0.25, 0.3) is 0 Å². The van der Waals surface area contributed by atoms with E-state index in [9.17, 15) is 0 Å². The fourth-order valence-corrected chi connectivity index (χ4v) is 3.16. The number of fused-ring (bicyclic) bond motifs is 1. The highest BCUT2D eigenvalue weighted by Gasteiger charge is 2.31. The largest absolute Gasteiger partial charge is 0.383 e. The molecule has 0 bridgehead atoms. The predicted octanol–water partition coefficient (Wildman–Crippen LogP) is 1.38. The number of rotatable bonds is 3. The van der Waals surface area contributed by atoms with Crippen molar-refractivity contribution in [3.05, 3.63) is 31.2 Å². The zero-order chi connectivity index (χ0) is 15.1. The minimum Gasteiger partial charge on any atom is -0.383 e. The van der Waals surface area contributed by atoms with Gasteiger partial charge in [0.2, 0.25) is 0 Å². The van der Waals surface area contributed by atoms with Gasteiger partial charge in [0.1, 0.15) is 24.1 Å². The van der Waals surface area contributed by atoms with E-state index < -0.39 is 0 Å². The van der Waals surface area contributed by atoms with Crippen molar-refractivity contribution >= 4 is 16.9 Å². The standard InChI is InChI=1S/C15H17N7/c16-3-9-1-11(2-9)22-6-12(10-4-18-7-19-5-10)13-14(17)20-8-21-15(13)22/h4-9,11H,1-3,16H2,(H2,17,20,21). The van der Waals surface area contributed by atoms with E-state index in [2.05, 4.69) is 30.7 Å². The zero-order valence-electron chi connectivity index (χ0n) is 12.1. The average Bonchev–Trinajstić information content (AvgIpc) is 2.88. The van der Waals surface area contributed by atoms with Crippen LogP contribution in [0.4, 0.5) is 5.82 Å². The summed E-state index contributed by atoms with van der Waals surface area (Å²) < 4.78 is 2.20. The molecule has 0 saturated heterocycles. The molecule has 0 radical (unpaired) electrons. The summed E-state index contributed by atoms with van der Waals surface area (Å²) in [6.07, 6.45) is 10.8. The van der Waals surface area contributed by atoms with Crippen LogP contribution >= 0.6 is 0 Å². The summed E-state index contributed by atoms with van der Waals surface area (Å²) in [7, 11) is 0. The molecule has 0 aliphatic heterocycles. The van der Waals surface area contributed by atoms with Crippen LogP contribution in [0.25, 0.3) is 22.2 Å².